The summed E-state index contributed by atoms with van der Waals surface area (Å²) in [5.41, 5.74) is 0.00199. The lowest BCUT2D eigenvalue weighted by Crippen LogP contribution is -2.33. The van der Waals surface area contributed by atoms with Crippen molar-refractivity contribution in [3.8, 4) is 0 Å². The van der Waals surface area contributed by atoms with Crippen LogP contribution in [0.2, 0.25) is 0 Å². The standard InChI is InChI=1S/C8H17NO/c1-8(2,3)10-7-5-4-6-9-7/h7,9H,4-6H2,1-3H3/t7-/m0/s1. The molecule has 0 unspecified atom stereocenters. The first-order valence-electron chi connectivity index (χ1n) is 3.99. The van der Waals surface area contributed by atoms with E-state index in [0.29, 0.717) is 6.23 Å². The third kappa shape index (κ3) is 2.67. The maximum atomic E-state index is 5.69. The third-order valence-electron chi connectivity index (χ3n) is 1.51. The Morgan fingerprint density at radius 1 is 1.40 bits per heavy atom. The first-order chi connectivity index (χ1) is 4.58. The highest BCUT2D eigenvalue weighted by atomic mass is 16.5. The molecule has 0 aromatic heterocycles. The number of hydrogen-bond donors (Lipinski definition) is 1. The van der Waals surface area contributed by atoms with Crippen LogP contribution >= 0.6 is 0 Å². The summed E-state index contributed by atoms with van der Waals surface area (Å²) in [6.45, 7) is 7.38. The van der Waals surface area contributed by atoms with Crippen molar-refractivity contribution in [2.45, 2.75) is 45.4 Å². The molecule has 0 radical (unpaired) electrons. The Hall–Kier alpha value is -0.0800. The number of ether oxygens (including phenoxy) is 1. The van der Waals surface area contributed by atoms with Gasteiger partial charge in [-0.05, 0) is 40.2 Å². The maximum absolute atomic E-state index is 5.69. The van der Waals surface area contributed by atoms with Crippen LogP contribution in [0.4, 0.5) is 0 Å². The fourth-order valence-corrected chi connectivity index (χ4v) is 1.18. The molecule has 1 heterocycles. The number of rotatable bonds is 1. The van der Waals surface area contributed by atoms with Gasteiger partial charge in [0.05, 0.1) is 5.60 Å². The van der Waals surface area contributed by atoms with Gasteiger partial charge in [-0.1, -0.05) is 0 Å². The van der Waals surface area contributed by atoms with Crippen LogP contribution in [-0.2, 0) is 4.74 Å². The van der Waals surface area contributed by atoms with E-state index in [4.69, 9.17) is 4.74 Å². The minimum Gasteiger partial charge on any atom is -0.358 e. The Morgan fingerprint density at radius 3 is 2.50 bits per heavy atom. The summed E-state index contributed by atoms with van der Waals surface area (Å²) >= 11 is 0. The van der Waals surface area contributed by atoms with Gasteiger partial charge in [0.2, 0.25) is 0 Å². The molecule has 0 bridgehead atoms. The Labute approximate surface area is 63.0 Å². The predicted octanol–water partition coefficient (Wildman–Crippen LogP) is 1.51. The average Bonchev–Trinajstić information content (AvgIpc) is 2.12. The molecule has 1 rings (SSSR count). The van der Waals surface area contributed by atoms with Crippen molar-refractivity contribution in [1.82, 2.24) is 5.32 Å². The van der Waals surface area contributed by atoms with Gasteiger partial charge < -0.3 is 4.74 Å². The van der Waals surface area contributed by atoms with Crippen molar-refractivity contribution >= 4 is 0 Å². The van der Waals surface area contributed by atoms with Gasteiger partial charge in [0.25, 0.3) is 0 Å². The lowest BCUT2D eigenvalue weighted by Gasteiger charge is -2.24. The van der Waals surface area contributed by atoms with Crippen LogP contribution < -0.4 is 5.32 Å². The second-order valence-corrected chi connectivity index (χ2v) is 3.82. The molecule has 0 spiro atoms. The zero-order valence-electron chi connectivity index (χ0n) is 7.11. The van der Waals surface area contributed by atoms with Crippen LogP contribution in [0.5, 0.6) is 0 Å². The van der Waals surface area contributed by atoms with Crippen LogP contribution in [-0.4, -0.2) is 18.4 Å². The Kier molecular flexibility index (Phi) is 2.32. The normalized spacial score (nSPS) is 27.3. The summed E-state index contributed by atoms with van der Waals surface area (Å²) < 4.78 is 5.69. The Balaban J connectivity index is 2.24. The summed E-state index contributed by atoms with van der Waals surface area (Å²) in [5, 5.41) is 3.29. The summed E-state index contributed by atoms with van der Waals surface area (Å²) in [6, 6.07) is 0. The van der Waals surface area contributed by atoms with Gasteiger partial charge in [0.15, 0.2) is 0 Å². The van der Waals surface area contributed by atoms with E-state index in [-0.39, 0.29) is 5.60 Å². The summed E-state index contributed by atoms with van der Waals surface area (Å²) in [5.74, 6) is 0. The van der Waals surface area contributed by atoms with Gasteiger partial charge in [-0.3, -0.25) is 5.32 Å². The quantitative estimate of drug-likeness (QED) is 0.600. The van der Waals surface area contributed by atoms with Gasteiger partial charge in [0.1, 0.15) is 6.23 Å². The van der Waals surface area contributed by atoms with Crippen molar-refractivity contribution in [2.24, 2.45) is 0 Å². The van der Waals surface area contributed by atoms with E-state index in [1.54, 1.807) is 0 Å². The fourth-order valence-electron chi connectivity index (χ4n) is 1.18. The third-order valence-corrected chi connectivity index (χ3v) is 1.51. The molecule has 0 amide bonds. The van der Waals surface area contributed by atoms with Crippen LogP contribution in [0.3, 0.4) is 0 Å². The molecule has 0 aromatic rings. The Morgan fingerprint density at radius 2 is 2.10 bits per heavy atom. The van der Waals surface area contributed by atoms with E-state index < -0.39 is 0 Å². The molecule has 1 N–H and O–H groups in total. The van der Waals surface area contributed by atoms with E-state index in [1.165, 1.54) is 6.42 Å². The SMILES string of the molecule is CC(C)(C)O[C@H]1CCCN1. The zero-order valence-corrected chi connectivity index (χ0v) is 7.11. The van der Waals surface area contributed by atoms with E-state index >= 15 is 0 Å². The zero-order chi connectivity index (χ0) is 7.61. The first kappa shape index (κ1) is 8.02. The summed E-state index contributed by atoms with van der Waals surface area (Å²) in [4.78, 5) is 0. The minimum absolute atomic E-state index is 0.00199. The lowest BCUT2D eigenvalue weighted by molar-refractivity contribution is -0.0657. The van der Waals surface area contributed by atoms with E-state index in [9.17, 15) is 0 Å². The molecular weight excluding hydrogens is 126 g/mol. The van der Waals surface area contributed by atoms with Crippen molar-refractivity contribution in [1.29, 1.82) is 0 Å². The van der Waals surface area contributed by atoms with Gasteiger partial charge in [-0.25, -0.2) is 0 Å². The molecule has 1 aliphatic rings. The first-order valence-corrected chi connectivity index (χ1v) is 3.99. The smallest absolute Gasteiger partial charge is 0.108 e. The molecule has 2 nitrogen and oxygen atoms in total. The van der Waals surface area contributed by atoms with E-state index in [2.05, 4.69) is 26.1 Å². The van der Waals surface area contributed by atoms with Crippen molar-refractivity contribution in [2.75, 3.05) is 6.54 Å². The molecule has 1 fully saturated rings. The molecule has 1 saturated heterocycles. The molecule has 60 valence electrons. The second kappa shape index (κ2) is 2.89. The number of nitrogens with one attached hydrogen (secondary N) is 1. The highest BCUT2D eigenvalue weighted by Gasteiger charge is 2.20. The van der Waals surface area contributed by atoms with Crippen molar-refractivity contribution in [3.63, 3.8) is 0 Å². The van der Waals surface area contributed by atoms with Gasteiger partial charge in [-0.15, -0.1) is 0 Å². The summed E-state index contributed by atoms with van der Waals surface area (Å²) in [7, 11) is 0. The lowest BCUT2D eigenvalue weighted by atomic mass is 10.2. The van der Waals surface area contributed by atoms with Crippen molar-refractivity contribution in [3.05, 3.63) is 0 Å². The topological polar surface area (TPSA) is 21.3 Å². The van der Waals surface area contributed by atoms with Crippen molar-refractivity contribution < 1.29 is 4.74 Å². The minimum atomic E-state index is 0.00199. The molecule has 2 heteroatoms. The number of hydrogen-bond acceptors (Lipinski definition) is 2. The largest absolute Gasteiger partial charge is 0.358 e. The van der Waals surface area contributed by atoms with Gasteiger partial charge in [0, 0.05) is 0 Å². The Bertz CT molecular complexity index is 100. The molecular formula is C8H17NO. The van der Waals surface area contributed by atoms with E-state index in [1.807, 2.05) is 0 Å². The molecule has 0 aliphatic carbocycles. The van der Waals surface area contributed by atoms with Crippen LogP contribution in [0.25, 0.3) is 0 Å². The summed E-state index contributed by atoms with van der Waals surface area (Å²) in [6.07, 6.45) is 2.72. The molecule has 0 saturated carbocycles. The van der Waals surface area contributed by atoms with E-state index in [0.717, 1.165) is 13.0 Å². The van der Waals surface area contributed by atoms with Gasteiger partial charge >= 0.3 is 0 Å². The average molecular weight is 143 g/mol. The molecule has 0 aromatic carbocycles. The molecule has 1 aliphatic heterocycles. The van der Waals surface area contributed by atoms with Gasteiger partial charge in [-0.2, -0.15) is 0 Å². The fraction of sp³-hybridized carbons (Fsp3) is 1.00. The van der Waals surface area contributed by atoms with Crippen LogP contribution in [0.1, 0.15) is 33.6 Å². The molecule has 10 heavy (non-hydrogen) atoms. The second-order valence-electron chi connectivity index (χ2n) is 3.82. The predicted molar refractivity (Wildman–Crippen MR) is 41.9 cm³/mol. The highest BCUT2D eigenvalue weighted by molar-refractivity contribution is 4.70. The monoisotopic (exact) mass is 143 g/mol. The van der Waals surface area contributed by atoms with Crippen LogP contribution in [0.15, 0.2) is 0 Å². The maximum Gasteiger partial charge on any atom is 0.108 e. The van der Waals surface area contributed by atoms with Crippen LogP contribution in [0, 0.1) is 0 Å². The highest BCUT2D eigenvalue weighted by Crippen LogP contribution is 2.15. The molecule has 1 atom stereocenters.